The summed E-state index contributed by atoms with van der Waals surface area (Å²) in [7, 11) is 0. The lowest BCUT2D eigenvalue weighted by Gasteiger charge is -2.26. The SMILES string of the molecule is NC1CCC(Oc2cc(Cl)c(Cl)cc2[N+](=O)[O-])CC1. The first-order chi connectivity index (χ1) is 8.97. The predicted octanol–water partition coefficient (Wildman–Crippen LogP) is 3.55. The van der Waals surface area contributed by atoms with Crippen LogP contribution in [0.3, 0.4) is 0 Å². The summed E-state index contributed by atoms with van der Waals surface area (Å²) in [5, 5.41) is 11.4. The Morgan fingerprint density at radius 2 is 1.79 bits per heavy atom. The molecule has 0 spiro atoms. The molecule has 0 aromatic heterocycles. The summed E-state index contributed by atoms with van der Waals surface area (Å²) in [6.07, 6.45) is 3.24. The molecule has 104 valence electrons. The number of nitrogens with zero attached hydrogens (tertiary/aromatic N) is 1. The number of nitro groups is 1. The smallest absolute Gasteiger partial charge is 0.312 e. The van der Waals surface area contributed by atoms with E-state index in [-0.39, 0.29) is 33.6 Å². The van der Waals surface area contributed by atoms with E-state index >= 15 is 0 Å². The van der Waals surface area contributed by atoms with Gasteiger partial charge in [-0.05, 0) is 25.7 Å². The molecule has 5 nitrogen and oxygen atoms in total. The zero-order valence-corrected chi connectivity index (χ0v) is 11.7. The Morgan fingerprint density at radius 1 is 1.21 bits per heavy atom. The highest BCUT2D eigenvalue weighted by Crippen LogP contribution is 2.37. The Bertz CT molecular complexity index is 488. The van der Waals surface area contributed by atoms with Crippen LogP contribution in [0.1, 0.15) is 25.7 Å². The van der Waals surface area contributed by atoms with Crippen molar-refractivity contribution in [2.24, 2.45) is 5.73 Å². The van der Waals surface area contributed by atoms with E-state index in [9.17, 15) is 10.1 Å². The molecule has 0 aliphatic heterocycles. The van der Waals surface area contributed by atoms with Crippen molar-refractivity contribution in [3.63, 3.8) is 0 Å². The lowest BCUT2D eigenvalue weighted by atomic mass is 9.94. The van der Waals surface area contributed by atoms with Crippen molar-refractivity contribution in [3.8, 4) is 5.75 Å². The molecule has 0 unspecified atom stereocenters. The highest BCUT2D eigenvalue weighted by atomic mass is 35.5. The van der Waals surface area contributed by atoms with Gasteiger partial charge in [0.05, 0.1) is 21.1 Å². The van der Waals surface area contributed by atoms with E-state index in [0.29, 0.717) is 0 Å². The van der Waals surface area contributed by atoms with Crippen LogP contribution in [-0.4, -0.2) is 17.1 Å². The Labute approximate surface area is 120 Å². The standard InChI is InChI=1S/C12H14Cl2N2O3/c13-9-5-11(16(17)18)12(6-10(9)14)19-8-3-1-7(15)2-4-8/h5-8H,1-4,15H2. The highest BCUT2D eigenvalue weighted by Gasteiger charge is 2.24. The number of hydrogen-bond donors (Lipinski definition) is 1. The number of benzene rings is 1. The number of ether oxygens (including phenoxy) is 1. The zero-order chi connectivity index (χ0) is 14.0. The van der Waals surface area contributed by atoms with Crippen LogP contribution in [0, 0.1) is 10.1 Å². The Kier molecular flexibility index (Phi) is 4.50. The van der Waals surface area contributed by atoms with Crippen LogP contribution in [0.25, 0.3) is 0 Å². The molecule has 0 amide bonds. The van der Waals surface area contributed by atoms with Gasteiger partial charge in [0.1, 0.15) is 0 Å². The van der Waals surface area contributed by atoms with Gasteiger partial charge in [-0.15, -0.1) is 0 Å². The lowest BCUT2D eigenvalue weighted by Crippen LogP contribution is -2.31. The largest absolute Gasteiger partial charge is 0.483 e. The van der Waals surface area contributed by atoms with Crippen LogP contribution in [0.5, 0.6) is 5.75 Å². The molecule has 1 aliphatic carbocycles. The summed E-state index contributed by atoms with van der Waals surface area (Å²) in [6.45, 7) is 0. The Morgan fingerprint density at radius 3 is 2.37 bits per heavy atom. The molecule has 2 N–H and O–H groups in total. The molecule has 0 radical (unpaired) electrons. The molecule has 0 saturated heterocycles. The Balaban J connectivity index is 2.19. The molecule has 0 heterocycles. The molecule has 0 bridgehead atoms. The fraction of sp³-hybridized carbons (Fsp3) is 0.500. The molecular formula is C12H14Cl2N2O3. The number of rotatable bonds is 3. The van der Waals surface area contributed by atoms with E-state index in [2.05, 4.69) is 0 Å². The first-order valence-corrected chi connectivity index (χ1v) is 6.78. The van der Waals surface area contributed by atoms with Gasteiger partial charge in [0.25, 0.3) is 0 Å². The van der Waals surface area contributed by atoms with Crippen LogP contribution in [-0.2, 0) is 0 Å². The maximum atomic E-state index is 11.0. The Hall–Kier alpha value is -1.04. The molecule has 1 aromatic carbocycles. The third-order valence-corrected chi connectivity index (χ3v) is 3.93. The van der Waals surface area contributed by atoms with Crippen LogP contribution in [0.15, 0.2) is 12.1 Å². The second-order valence-electron chi connectivity index (χ2n) is 4.65. The summed E-state index contributed by atoms with van der Waals surface area (Å²) in [6, 6.07) is 2.81. The van der Waals surface area contributed by atoms with E-state index in [0.717, 1.165) is 25.7 Å². The highest BCUT2D eigenvalue weighted by molar-refractivity contribution is 6.42. The summed E-state index contributed by atoms with van der Waals surface area (Å²) in [5.74, 6) is 0.167. The predicted molar refractivity (Wildman–Crippen MR) is 74.0 cm³/mol. The van der Waals surface area contributed by atoms with Crippen molar-refractivity contribution in [2.45, 2.75) is 37.8 Å². The van der Waals surface area contributed by atoms with E-state index in [4.69, 9.17) is 33.7 Å². The number of nitrogens with two attached hydrogens (primary N) is 1. The minimum absolute atomic E-state index is 0.0595. The van der Waals surface area contributed by atoms with Crippen LogP contribution in [0.4, 0.5) is 5.69 Å². The summed E-state index contributed by atoms with van der Waals surface area (Å²) in [5.41, 5.74) is 5.65. The normalized spacial score (nSPS) is 23.1. The van der Waals surface area contributed by atoms with Gasteiger partial charge < -0.3 is 10.5 Å². The van der Waals surface area contributed by atoms with Gasteiger partial charge >= 0.3 is 5.69 Å². The van der Waals surface area contributed by atoms with Gasteiger partial charge in [0.15, 0.2) is 5.75 Å². The monoisotopic (exact) mass is 304 g/mol. The van der Waals surface area contributed by atoms with Crippen molar-refractivity contribution >= 4 is 28.9 Å². The fourth-order valence-corrected chi connectivity index (χ4v) is 2.45. The van der Waals surface area contributed by atoms with Crippen LogP contribution in [0.2, 0.25) is 10.0 Å². The number of halogens is 2. The molecule has 1 fully saturated rings. The minimum atomic E-state index is -0.522. The third kappa shape index (κ3) is 3.49. The van der Waals surface area contributed by atoms with Gasteiger partial charge in [-0.1, -0.05) is 23.2 Å². The number of hydrogen-bond acceptors (Lipinski definition) is 4. The average molecular weight is 305 g/mol. The first kappa shape index (κ1) is 14.4. The van der Waals surface area contributed by atoms with E-state index in [1.54, 1.807) is 0 Å². The zero-order valence-electron chi connectivity index (χ0n) is 10.1. The molecule has 19 heavy (non-hydrogen) atoms. The second kappa shape index (κ2) is 5.94. The minimum Gasteiger partial charge on any atom is -0.483 e. The van der Waals surface area contributed by atoms with Crippen molar-refractivity contribution < 1.29 is 9.66 Å². The van der Waals surface area contributed by atoms with Crippen molar-refractivity contribution in [1.82, 2.24) is 0 Å². The van der Waals surface area contributed by atoms with E-state index < -0.39 is 4.92 Å². The van der Waals surface area contributed by atoms with Crippen molar-refractivity contribution in [1.29, 1.82) is 0 Å². The van der Waals surface area contributed by atoms with E-state index in [1.165, 1.54) is 12.1 Å². The summed E-state index contributed by atoms with van der Waals surface area (Å²) >= 11 is 11.7. The summed E-state index contributed by atoms with van der Waals surface area (Å²) < 4.78 is 5.69. The molecule has 0 atom stereocenters. The molecular weight excluding hydrogens is 291 g/mol. The quantitative estimate of drug-likeness (QED) is 0.684. The lowest BCUT2D eigenvalue weighted by molar-refractivity contribution is -0.386. The molecule has 2 rings (SSSR count). The second-order valence-corrected chi connectivity index (χ2v) is 5.46. The van der Waals surface area contributed by atoms with Gasteiger partial charge in [-0.2, -0.15) is 0 Å². The topological polar surface area (TPSA) is 78.4 Å². The van der Waals surface area contributed by atoms with Gasteiger partial charge in [-0.25, -0.2) is 0 Å². The maximum absolute atomic E-state index is 11.0. The fourth-order valence-electron chi connectivity index (χ4n) is 2.14. The van der Waals surface area contributed by atoms with Crippen molar-refractivity contribution in [2.75, 3.05) is 0 Å². The maximum Gasteiger partial charge on any atom is 0.312 e. The van der Waals surface area contributed by atoms with Gasteiger partial charge in [-0.3, -0.25) is 10.1 Å². The number of nitro benzene ring substituents is 1. The van der Waals surface area contributed by atoms with Crippen LogP contribution >= 0.6 is 23.2 Å². The van der Waals surface area contributed by atoms with Crippen LogP contribution < -0.4 is 10.5 Å². The molecule has 7 heteroatoms. The third-order valence-electron chi connectivity index (χ3n) is 3.21. The van der Waals surface area contributed by atoms with E-state index in [1.807, 2.05) is 0 Å². The van der Waals surface area contributed by atoms with Gasteiger partial charge in [0.2, 0.25) is 0 Å². The molecule has 1 aliphatic rings. The first-order valence-electron chi connectivity index (χ1n) is 6.03. The molecule has 1 saturated carbocycles. The van der Waals surface area contributed by atoms with Crippen molar-refractivity contribution in [3.05, 3.63) is 32.3 Å². The molecule has 1 aromatic rings. The van der Waals surface area contributed by atoms with Gasteiger partial charge in [0, 0.05) is 18.2 Å². The summed E-state index contributed by atoms with van der Waals surface area (Å²) in [4.78, 5) is 10.5. The average Bonchev–Trinajstić information content (AvgIpc) is 2.36.